The Kier molecular flexibility index (Phi) is 5.83. The van der Waals surface area contributed by atoms with E-state index in [1.54, 1.807) is 0 Å². The summed E-state index contributed by atoms with van der Waals surface area (Å²) in [4.78, 5) is 14.1. The molecule has 6 heteroatoms. The lowest BCUT2D eigenvalue weighted by molar-refractivity contribution is 0.00578. The first-order valence-corrected chi connectivity index (χ1v) is 10.7. The molecule has 0 unspecified atom stereocenters. The highest BCUT2D eigenvalue weighted by atomic mass is 16.7. The molecule has 0 bridgehead atoms. The van der Waals surface area contributed by atoms with Gasteiger partial charge in [-0.15, -0.1) is 0 Å². The third-order valence-electron chi connectivity index (χ3n) is 6.43. The molecule has 0 aliphatic carbocycles. The molecule has 2 aliphatic rings. The number of rotatable bonds is 2. The minimum Gasteiger partial charge on any atom is -0.444 e. The number of amides is 1. The predicted octanol–water partition coefficient (Wildman–Crippen LogP) is 4.41. The van der Waals surface area contributed by atoms with Crippen LogP contribution in [0.15, 0.2) is 18.2 Å². The number of aryl methyl sites for hydroxylation is 1. The monoisotopic (exact) mass is 401 g/mol. The molecule has 0 spiro atoms. The van der Waals surface area contributed by atoms with Crippen LogP contribution in [0.2, 0.25) is 0 Å². The maximum Gasteiger partial charge on any atom is 0.495 e. The Morgan fingerprint density at radius 3 is 2.17 bits per heavy atom. The molecule has 29 heavy (non-hydrogen) atoms. The molecule has 0 atom stereocenters. The molecule has 2 heterocycles. The van der Waals surface area contributed by atoms with Crippen LogP contribution < -0.4 is 5.46 Å². The first kappa shape index (κ1) is 22.2. The largest absolute Gasteiger partial charge is 0.495 e. The van der Waals surface area contributed by atoms with E-state index in [0.717, 1.165) is 31.4 Å². The highest BCUT2D eigenvalue weighted by molar-refractivity contribution is 6.62. The summed E-state index contributed by atoms with van der Waals surface area (Å²) in [6.07, 6.45) is 1.66. The van der Waals surface area contributed by atoms with Gasteiger partial charge in [0.1, 0.15) is 5.60 Å². The van der Waals surface area contributed by atoms with Crippen molar-refractivity contribution in [3.05, 3.63) is 29.3 Å². The van der Waals surface area contributed by atoms with Crippen molar-refractivity contribution < 1.29 is 18.8 Å². The standard InChI is InChI=1S/C23H36BNO4/c1-16-9-10-18(15-19(16)24-28-22(5,6)23(7,8)29-24)17-11-13-25(14-12-17)20(26)27-21(2,3)4/h9-10,15,17H,11-14H2,1-8H3. The van der Waals surface area contributed by atoms with Gasteiger partial charge in [0.2, 0.25) is 0 Å². The summed E-state index contributed by atoms with van der Waals surface area (Å²) < 4.78 is 18.1. The van der Waals surface area contributed by atoms with E-state index in [1.165, 1.54) is 11.1 Å². The van der Waals surface area contributed by atoms with Crippen LogP contribution in [0.3, 0.4) is 0 Å². The summed E-state index contributed by atoms with van der Waals surface area (Å²) in [6, 6.07) is 6.61. The van der Waals surface area contributed by atoms with Crippen LogP contribution in [0.5, 0.6) is 0 Å². The summed E-state index contributed by atoms with van der Waals surface area (Å²) in [5, 5.41) is 0. The average Bonchev–Trinajstić information content (AvgIpc) is 2.81. The maximum absolute atomic E-state index is 12.3. The van der Waals surface area contributed by atoms with Gasteiger partial charge in [-0.25, -0.2) is 4.79 Å². The Hall–Kier alpha value is -1.53. The molecule has 160 valence electrons. The first-order chi connectivity index (χ1) is 13.3. The summed E-state index contributed by atoms with van der Waals surface area (Å²) >= 11 is 0. The van der Waals surface area contributed by atoms with Crippen LogP contribution in [0.1, 0.15) is 78.4 Å². The molecular weight excluding hydrogens is 365 g/mol. The van der Waals surface area contributed by atoms with Gasteiger partial charge in [0, 0.05) is 13.1 Å². The van der Waals surface area contributed by atoms with Gasteiger partial charge in [-0.3, -0.25) is 0 Å². The molecule has 0 N–H and O–H groups in total. The lowest BCUT2D eigenvalue weighted by Gasteiger charge is -2.33. The van der Waals surface area contributed by atoms with Crippen LogP contribution in [-0.4, -0.2) is 48.0 Å². The number of hydrogen-bond donors (Lipinski definition) is 0. The molecule has 0 saturated carbocycles. The molecule has 1 amide bonds. The second kappa shape index (κ2) is 7.62. The van der Waals surface area contributed by atoms with Crippen molar-refractivity contribution in [2.45, 2.75) is 91.0 Å². The van der Waals surface area contributed by atoms with Crippen LogP contribution in [0, 0.1) is 6.92 Å². The molecule has 2 aliphatic heterocycles. The summed E-state index contributed by atoms with van der Waals surface area (Å²) in [7, 11) is -0.346. The zero-order valence-electron chi connectivity index (χ0n) is 19.3. The van der Waals surface area contributed by atoms with E-state index in [4.69, 9.17) is 14.0 Å². The summed E-state index contributed by atoms with van der Waals surface area (Å²) in [6.45, 7) is 17.6. The normalized spacial score (nSPS) is 22.1. The van der Waals surface area contributed by atoms with Crippen molar-refractivity contribution in [1.82, 2.24) is 4.90 Å². The smallest absolute Gasteiger partial charge is 0.444 e. The van der Waals surface area contributed by atoms with E-state index in [0.29, 0.717) is 5.92 Å². The number of nitrogens with zero attached hydrogens (tertiary/aromatic N) is 1. The minimum absolute atomic E-state index is 0.210. The number of carbonyl (C=O) groups excluding carboxylic acids is 1. The summed E-state index contributed by atoms with van der Waals surface area (Å²) in [5.41, 5.74) is 2.43. The Morgan fingerprint density at radius 2 is 1.66 bits per heavy atom. The third kappa shape index (κ3) is 4.80. The number of carbonyl (C=O) groups is 1. The Morgan fingerprint density at radius 1 is 1.10 bits per heavy atom. The van der Waals surface area contributed by atoms with Crippen molar-refractivity contribution in [2.24, 2.45) is 0 Å². The topological polar surface area (TPSA) is 48.0 Å². The average molecular weight is 401 g/mol. The van der Waals surface area contributed by atoms with Gasteiger partial charge < -0.3 is 18.9 Å². The van der Waals surface area contributed by atoms with Crippen molar-refractivity contribution >= 4 is 18.7 Å². The lowest BCUT2D eigenvalue weighted by Crippen LogP contribution is -2.41. The van der Waals surface area contributed by atoms with E-state index in [1.807, 2.05) is 25.7 Å². The fourth-order valence-electron chi connectivity index (χ4n) is 3.86. The van der Waals surface area contributed by atoms with E-state index >= 15 is 0 Å². The number of hydrogen-bond acceptors (Lipinski definition) is 4. The number of benzene rings is 1. The van der Waals surface area contributed by atoms with Gasteiger partial charge in [-0.05, 0) is 85.2 Å². The van der Waals surface area contributed by atoms with E-state index in [2.05, 4.69) is 52.8 Å². The van der Waals surface area contributed by atoms with Crippen LogP contribution in [-0.2, 0) is 14.0 Å². The SMILES string of the molecule is Cc1ccc(C2CCN(C(=O)OC(C)(C)C)CC2)cc1B1OC(C)(C)C(C)(C)O1. The van der Waals surface area contributed by atoms with Crippen molar-refractivity contribution in [3.63, 3.8) is 0 Å². The molecule has 3 rings (SSSR count). The predicted molar refractivity (Wildman–Crippen MR) is 117 cm³/mol. The Labute approximate surface area is 176 Å². The fraction of sp³-hybridized carbons (Fsp3) is 0.696. The van der Waals surface area contributed by atoms with Crippen molar-refractivity contribution in [2.75, 3.05) is 13.1 Å². The van der Waals surface area contributed by atoms with E-state index < -0.39 is 5.60 Å². The minimum atomic E-state index is -0.456. The van der Waals surface area contributed by atoms with Crippen LogP contribution >= 0.6 is 0 Å². The van der Waals surface area contributed by atoms with Crippen molar-refractivity contribution in [3.8, 4) is 0 Å². The number of piperidine rings is 1. The van der Waals surface area contributed by atoms with Gasteiger partial charge in [0.15, 0.2) is 0 Å². The first-order valence-electron chi connectivity index (χ1n) is 10.7. The zero-order valence-corrected chi connectivity index (χ0v) is 19.3. The molecule has 0 aromatic heterocycles. The quantitative estimate of drug-likeness (QED) is 0.689. The summed E-state index contributed by atoms with van der Waals surface area (Å²) in [5.74, 6) is 0.426. The third-order valence-corrected chi connectivity index (χ3v) is 6.43. The van der Waals surface area contributed by atoms with Gasteiger partial charge in [-0.2, -0.15) is 0 Å². The molecule has 1 aromatic rings. The molecular formula is C23H36BNO4. The Bertz CT molecular complexity index is 745. The van der Waals surface area contributed by atoms with Crippen molar-refractivity contribution in [1.29, 1.82) is 0 Å². The maximum atomic E-state index is 12.3. The zero-order chi connectivity index (χ0) is 21.6. The lowest BCUT2D eigenvalue weighted by atomic mass is 9.74. The highest BCUT2D eigenvalue weighted by Gasteiger charge is 2.52. The van der Waals surface area contributed by atoms with Crippen LogP contribution in [0.25, 0.3) is 0 Å². The number of ether oxygens (including phenoxy) is 1. The molecule has 2 saturated heterocycles. The fourth-order valence-corrected chi connectivity index (χ4v) is 3.86. The van der Waals surface area contributed by atoms with E-state index in [9.17, 15) is 4.79 Å². The van der Waals surface area contributed by atoms with Gasteiger partial charge in [0.25, 0.3) is 0 Å². The molecule has 1 aromatic carbocycles. The van der Waals surface area contributed by atoms with Crippen LogP contribution in [0.4, 0.5) is 4.79 Å². The molecule has 5 nitrogen and oxygen atoms in total. The molecule has 0 radical (unpaired) electrons. The molecule has 2 fully saturated rings. The van der Waals surface area contributed by atoms with Gasteiger partial charge in [-0.1, -0.05) is 23.8 Å². The van der Waals surface area contributed by atoms with E-state index in [-0.39, 0.29) is 24.4 Å². The van der Waals surface area contributed by atoms with Gasteiger partial charge in [0.05, 0.1) is 11.2 Å². The highest BCUT2D eigenvalue weighted by Crippen LogP contribution is 2.37. The number of likely N-dealkylation sites (tertiary alicyclic amines) is 1. The second-order valence-corrected chi connectivity index (χ2v) is 10.4. The van der Waals surface area contributed by atoms with Gasteiger partial charge >= 0.3 is 13.2 Å². The second-order valence-electron chi connectivity index (χ2n) is 10.4. The Balaban J connectivity index is 1.69.